The maximum Gasteiger partial charge on any atom is 0.144 e. The Labute approximate surface area is 120 Å². The van der Waals surface area contributed by atoms with E-state index in [0.717, 1.165) is 11.4 Å². The molecule has 3 N–H and O–H groups in total. The summed E-state index contributed by atoms with van der Waals surface area (Å²) in [5.41, 5.74) is 11.2. The van der Waals surface area contributed by atoms with Crippen molar-refractivity contribution in [3.05, 3.63) is 47.5 Å². The second-order valence-corrected chi connectivity index (χ2v) is 5.31. The molecular weight excluding hydrogens is 248 g/mol. The van der Waals surface area contributed by atoms with Gasteiger partial charge in [0.25, 0.3) is 0 Å². The number of rotatable bonds is 4. The first-order valence-electron chi connectivity index (χ1n) is 6.87. The zero-order valence-corrected chi connectivity index (χ0v) is 12.5. The monoisotopic (exact) mass is 270 g/mol. The molecule has 0 aliphatic rings. The fourth-order valence-electron chi connectivity index (χ4n) is 1.98. The second kappa shape index (κ2) is 5.87. The fourth-order valence-corrected chi connectivity index (χ4v) is 1.98. The predicted molar refractivity (Wildman–Crippen MR) is 85.8 cm³/mol. The Balaban J connectivity index is 2.27. The quantitative estimate of drug-likeness (QED) is 0.809. The van der Waals surface area contributed by atoms with E-state index in [-0.39, 0.29) is 6.10 Å². The van der Waals surface area contributed by atoms with E-state index in [9.17, 15) is 0 Å². The molecule has 0 aliphatic carbocycles. The molecule has 2 aromatic rings. The van der Waals surface area contributed by atoms with Crippen LogP contribution in [-0.4, -0.2) is 6.10 Å². The lowest BCUT2D eigenvalue weighted by Crippen LogP contribution is -2.08. The van der Waals surface area contributed by atoms with Crippen LogP contribution in [0.4, 0.5) is 17.1 Å². The van der Waals surface area contributed by atoms with Crippen LogP contribution in [0.1, 0.15) is 25.0 Å². The van der Waals surface area contributed by atoms with Crippen LogP contribution in [0.2, 0.25) is 0 Å². The largest absolute Gasteiger partial charge is 0.489 e. The molecule has 2 aromatic carbocycles. The number of hydrogen-bond donors (Lipinski definition) is 2. The maximum absolute atomic E-state index is 6.16. The molecule has 0 amide bonds. The molecule has 2 rings (SSSR count). The van der Waals surface area contributed by atoms with E-state index in [2.05, 4.69) is 37.4 Å². The van der Waals surface area contributed by atoms with Crippen LogP contribution in [0.25, 0.3) is 0 Å². The highest BCUT2D eigenvalue weighted by atomic mass is 16.5. The van der Waals surface area contributed by atoms with Gasteiger partial charge in [0.05, 0.1) is 17.5 Å². The average molecular weight is 270 g/mol. The molecule has 0 aromatic heterocycles. The summed E-state index contributed by atoms with van der Waals surface area (Å²) in [5, 5.41) is 3.35. The summed E-state index contributed by atoms with van der Waals surface area (Å²) >= 11 is 0. The van der Waals surface area contributed by atoms with E-state index in [1.807, 2.05) is 32.0 Å². The summed E-state index contributed by atoms with van der Waals surface area (Å²) in [5.74, 6) is 0.717. The van der Waals surface area contributed by atoms with Gasteiger partial charge in [0.15, 0.2) is 0 Å². The van der Waals surface area contributed by atoms with Gasteiger partial charge in [0.2, 0.25) is 0 Å². The third kappa shape index (κ3) is 3.23. The van der Waals surface area contributed by atoms with Crippen LogP contribution in [-0.2, 0) is 0 Å². The Hall–Kier alpha value is -2.16. The van der Waals surface area contributed by atoms with Gasteiger partial charge in [-0.05, 0) is 63.1 Å². The number of hydrogen-bond acceptors (Lipinski definition) is 3. The average Bonchev–Trinajstić information content (AvgIpc) is 2.38. The Kier molecular flexibility index (Phi) is 4.18. The van der Waals surface area contributed by atoms with E-state index in [0.29, 0.717) is 11.4 Å². The van der Waals surface area contributed by atoms with Gasteiger partial charge in [0.1, 0.15) is 5.75 Å². The van der Waals surface area contributed by atoms with Crippen molar-refractivity contribution in [2.45, 2.75) is 33.8 Å². The highest BCUT2D eigenvalue weighted by Gasteiger charge is 2.08. The normalized spacial score (nSPS) is 10.7. The molecule has 0 aliphatic heterocycles. The number of benzene rings is 2. The van der Waals surface area contributed by atoms with E-state index in [4.69, 9.17) is 10.5 Å². The summed E-state index contributed by atoms with van der Waals surface area (Å²) in [6, 6.07) is 12.1. The molecule has 0 fully saturated rings. The molecule has 20 heavy (non-hydrogen) atoms. The predicted octanol–water partition coefficient (Wildman–Crippen LogP) is 4.42. The van der Waals surface area contributed by atoms with E-state index in [1.165, 1.54) is 11.1 Å². The molecule has 0 heterocycles. The highest BCUT2D eigenvalue weighted by molar-refractivity contribution is 5.77. The third-order valence-electron chi connectivity index (χ3n) is 3.21. The Morgan fingerprint density at radius 1 is 1.05 bits per heavy atom. The molecule has 106 valence electrons. The van der Waals surface area contributed by atoms with Gasteiger partial charge in [-0.2, -0.15) is 0 Å². The molecule has 3 nitrogen and oxygen atoms in total. The lowest BCUT2D eigenvalue weighted by atomic mass is 10.1. The minimum Gasteiger partial charge on any atom is -0.489 e. The number of para-hydroxylation sites is 1. The van der Waals surface area contributed by atoms with Crippen molar-refractivity contribution in [1.82, 2.24) is 0 Å². The zero-order chi connectivity index (χ0) is 14.7. The minimum atomic E-state index is 0.106. The van der Waals surface area contributed by atoms with E-state index >= 15 is 0 Å². The van der Waals surface area contributed by atoms with Gasteiger partial charge in [-0.3, -0.25) is 0 Å². The Morgan fingerprint density at radius 3 is 2.45 bits per heavy atom. The third-order valence-corrected chi connectivity index (χ3v) is 3.21. The van der Waals surface area contributed by atoms with Gasteiger partial charge >= 0.3 is 0 Å². The molecule has 0 saturated carbocycles. The van der Waals surface area contributed by atoms with E-state index < -0.39 is 0 Å². The number of anilines is 3. The standard InChI is InChI=1S/C17H22N2O/c1-11(2)20-16-7-5-6-15(17(16)18)19-14-9-8-12(3)13(4)10-14/h5-11,19H,18H2,1-4H3. The topological polar surface area (TPSA) is 47.3 Å². The van der Waals surface area contributed by atoms with Crippen LogP contribution in [0, 0.1) is 13.8 Å². The Bertz CT molecular complexity index is 606. The summed E-state index contributed by atoms with van der Waals surface area (Å²) in [7, 11) is 0. The van der Waals surface area contributed by atoms with Crippen LogP contribution in [0.5, 0.6) is 5.75 Å². The van der Waals surface area contributed by atoms with Crippen LogP contribution >= 0.6 is 0 Å². The van der Waals surface area contributed by atoms with Crippen LogP contribution in [0.3, 0.4) is 0 Å². The summed E-state index contributed by atoms with van der Waals surface area (Å²) < 4.78 is 5.70. The smallest absolute Gasteiger partial charge is 0.144 e. The molecular formula is C17H22N2O. The van der Waals surface area contributed by atoms with Crippen LogP contribution < -0.4 is 15.8 Å². The van der Waals surface area contributed by atoms with Crippen molar-refractivity contribution in [2.75, 3.05) is 11.1 Å². The molecule has 3 heteroatoms. The highest BCUT2D eigenvalue weighted by Crippen LogP contribution is 2.32. The van der Waals surface area contributed by atoms with Gasteiger partial charge < -0.3 is 15.8 Å². The van der Waals surface area contributed by atoms with Crippen molar-refractivity contribution in [3.8, 4) is 5.75 Å². The van der Waals surface area contributed by atoms with Crippen molar-refractivity contribution >= 4 is 17.1 Å². The first kappa shape index (κ1) is 14.3. The fraction of sp³-hybridized carbons (Fsp3) is 0.294. The molecule has 0 radical (unpaired) electrons. The van der Waals surface area contributed by atoms with Crippen molar-refractivity contribution < 1.29 is 4.74 Å². The number of ether oxygens (including phenoxy) is 1. The molecule has 0 bridgehead atoms. The van der Waals surface area contributed by atoms with Crippen molar-refractivity contribution in [1.29, 1.82) is 0 Å². The van der Waals surface area contributed by atoms with E-state index in [1.54, 1.807) is 0 Å². The summed E-state index contributed by atoms with van der Waals surface area (Å²) in [4.78, 5) is 0. The minimum absolute atomic E-state index is 0.106. The molecule has 0 unspecified atom stereocenters. The molecule has 0 saturated heterocycles. The van der Waals surface area contributed by atoms with Gasteiger partial charge in [-0.25, -0.2) is 0 Å². The number of aryl methyl sites for hydroxylation is 2. The number of nitrogens with one attached hydrogen (secondary N) is 1. The van der Waals surface area contributed by atoms with Gasteiger partial charge in [-0.15, -0.1) is 0 Å². The number of nitrogens with two attached hydrogens (primary N) is 1. The SMILES string of the molecule is Cc1ccc(Nc2cccc(OC(C)C)c2N)cc1C. The second-order valence-electron chi connectivity index (χ2n) is 5.31. The summed E-state index contributed by atoms with van der Waals surface area (Å²) in [6.07, 6.45) is 0.106. The van der Waals surface area contributed by atoms with Crippen molar-refractivity contribution in [3.63, 3.8) is 0 Å². The van der Waals surface area contributed by atoms with Gasteiger partial charge in [0, 0.05) is 5.69 Å². The maximum atomic E-state index is 6.16. The Morgan fingerprint density at radius 2 is 1.80 bits per heavy atom. The lowest BCUT2D eigenvalue weighted by Gasteiger charge is -2.16. The zero-order valence-electron chi connectivity index (χ0n) is 12.5. The summed E-state index contributed by atoms with van der Waals surface area (Å²) in [6.45, 7) is 8.18. The molecule has 0 atom stereocenters. The van der Waals surface area contributed by atoms with Crippen LogP contribution in [0.15, 0.2) is 36.4 Å². The van der Waals surface area contributed by atoms with Gasteiger partial charge in [-0.1, -0.05) is 12.1 Å². The van der Waals surface area contributed by atoms with Crippen molar-refractivity contribution in [2.24, 2.45) is 0 Å². The first-order chi connectivity index (χ1) is 9.47. The first-order valence-corrected chi connectivity index (χ1v) is 6.87. The number of nitrogen functional groups attached to an aromatic ring is 1. The lowest BCUT2D eigenvalue weighted by molar-refractivity contribution is 0.244. The molecule has 0 spiro atoms.